The molecule has 44 heavy (non-hydrogen) atoms. The number of amides is 2. The Hall–Kier alpha value is -5.81. The summed E-state index contributed by atoms with van der Waals surface area (Å²) in [5, 5.41) is 2.22. The molecule has 0 saturated carbocycles. The van der Waals surface area contributed by atoms with Crippen molar-refractivity contribution in [3.63, 3.8) is 0 Å². The van der Waals surface area contributed by atoms with Gasteiger partial charge in [0, 0.05) is 17.0 Å². The predicted molar refractivity (Wildman–Crippen MR) is 173 cm³/mol. The molecule has 1 aliphatic heterocycles. The van der Waals surface area contributed by atoms with Crippen LogP contribution in [-0.2, 0) is 5.54 Å². The van der Waals surface area contributed by atoms with Crippen molar-refractivity contribution in [1.82, 2.24) is 9.55 Å². The van der Waals surface area contributed by atoms with Gasteiger partial charge in [-0.25, -0.2) is 4.90 Å². The number of nitrogens with zero attached hydrogens (tertiary/aromatic N) is 3. The molecule has 0 fully saturated rings. The molecule has 0 bridgehead atoms. The van der Waals surface area contributed by atoms with Crippen molar-refractivity contribution in [3.8, 4) is 11.1 Å². The minimum Gasteiger partial charge on any atom is -0.320 e. The molecule has 0 saturated heterocycles. The van der Waals surface area contributed by atoms with E-state index in [4.69, 9.17) is 4.98 Å². The molecule has 5 heteroatoms. The number of anilines is 1. The Kier molecular flexibility index (Phi) is 4.98. The minimum absolute atomic E-state index is 0.325. The van der Waals surface area contributed by atoms with Crippen LogP contribution >= 0.6 is 0 Å². The van der Waals surface area contributed by atoms with E-state index in [2.05, 4.69) is 89.5 Å². The van der Waals surface area contributed by atoms with Gasteiger partial charge in [0.25, 0.3) is 11.8 Å². The summed E-state index contributed by atoms with van der Waals surface area (Å²) in [7, 11) is 0. The maximum atomic E-state index is 14.7. The third-order valence-corrected chi connectivity index (χ3v) is 9.30. The third-order valence-electron chi connectivity index (χ3n) is 9.30. The van der Waals surface area contributed by atoms with Crippen LogP contribution in [-0.4, -0.2) is 21.4 Å². The topological polar surface area (TPSA) is 55.2 Å². The predicted octanol–water partition coefficient (Wildman–Crippen LogP) is 8.12. The molecule has 0 N–H and O–H groups in total. The molecule has 2 aliphatic rings. The van der Waals surface area contributed by atoms with E-state index in [9.17, 15) is 9.59 Å². The molecule has 7 aromatic rings. The molecule has 9 rings (SSSR count). The van der Waals surface area contributed by atoms with E-state index < -0.39 is 5.54 Å². The fraction of sp³-hybridized carbons (Fsp3) is 0.0513. The number of fused-ring (bicyclic) bond motifs is 7. The maximum Gasteiger partial charge on any atom is 0.268 e. The Bertz CT molecular complexity index is 2250. The number of carbonyl (C=O) groups is 2. The Morgan fingerprint density at radius 2 is 1.07 bits per heavy atom. The summed E-state index contributed by atoms with van der Waals surface area (Å²) >= 11 is 0. The average Bonchev–Trinajstić information content (AvgIpc) is 3.66. The van der Waals surface area contributed by atoms with Crippen LogP contribution in [0.15, 0.2) is 134 Å². The lowest BCUT2D eigenvalue weighted by molar-refractivity contribution is 0.0925. The first kappa shape index (κ1) is 24.8. The van der Waals surface area contributed by atoms with Gasteiger partial charge in [0.2, 0.25) is 0 Å². The fourth-order valence-corrected chi connectivity index (χ4v) is 7.59. The highest BCUT2D eigenvalue weighted by Gasteiger charge is 2.53. The fourth-order valence-electron chi connectivity index (χ4n) is 7.59. The second-order valence-electron chi connectivity index (χ2n) is 11.5. The van der Waals surface area contributed by atoms with Crippen molar-refractivity contribution in [3.05, 3.63) is 167 Å². The van der Waals surface area contributed by atoms with Crippen LogP contribution in [0, 0.1) is 6.92 Å². The lowest BCUT2D eigenvalue weighted by Crippen LogP contribution is -2.39. The molecule has 0 radical (unpaired) electrons. The van der Waals surface area contributed by atoms with E-state index >= 15 is 0 Å². The highest BCUT2D eigenvalue weighted by atomic mass is 16.2. The molecule has 2 amide bonds. The number of hydrogen-bond donors (Lipinski definition) is 0. The van der Waals surface area contributed by atoms with Gasteiger partial charge in [-0.1, -0.05) is 103 Å². The first-order chi connectivity index (χ1) is 21.6. The lowest BCUT2D eigenvalue weighted by atomic mass is 9.79. The Morgan fingerprint density at radius 3 is 1.68 bits per heavy atom. The standard InChI is InChI=1S/C39H25N3O2/c1-24-23-40-36(35-34(24)37(43)41(38(35)44)25-13-3-2-4-14-25)39(30-19-9-5-15-26(30)27-16-6-10-20-31(27)39)42-32-21-11-7-17-28(32)29-18-8-12-22-33(29)42/h2-23H,1H3. The largest absolute Gasteiger partial charge is 0.320 e. The zero-order valence-electron chi connectivity index (χ0n) is 23.9. The third kappa shape index (κ3) is 2.95. The highest BCUT2D eigenvalue weighted by molar-refractivity contribution is 6.35. The summed E-state index contributed by atoms with van der Waals surface area (Å²) < 4.78 is 2.35. The van der Waals surface area contributed by atoms with Gasteiger partial charge in [0.1, 0.15) is 5.54 Å². The zero-order valence-corrected chi connectivity index (χ0v) is 23.9. The zero-order chi connectivity index (χ0) is 29.6. The van der Waals surface area contributed by atoms with Crippen molar-refractivity contribution < 1.29 is 9.59 Å². The average molecular weight is 568 g/mol. The molecular weight excluding hydrogens is 542 g/mol. The maximum absolute atomic E-state index is 14.7. The van der Waals surface area contributed by atoms with Crippen molar-refractivity contribution in [2.75, 3.05) is 4.90 Å². The van der Waals surface area contributed by atoms with Gasteiger partial charge in [0.05, 0.1) is 33.5 Å². The van der Waals surface area contributed by atoms with E-state index in [0.717, 1.165) is 44.1 Å². The molecule has 0 atom stereocenters. The number of para-hydroxylation sites is 3. The quantitative estimate of drug-likeness (QED) is 0.203. The van der Waals surface area contributed by atoms with Gasteiger partial charge < -0.3 is 4.57 Å². The van der Waals surface area contributed by atoms with E-state index in [0.29, 0.717) is 28.1 Å². The van der Waals surface area contributed by atoms with Crippen LogP contribution in [0.4, 0.5) is 5.69 Å². The lowest BCUT2D eigenvalue weighted by Gasteiger charge is -2.36. The van der Waals surface area contributed by atoms with Gasteiger partial charge in [-0.2, -0.15) is 0 Å². The number of imide groups is 1. The summed E-state index contributed by atoms with van der Waals surface area (Å²) in [6.07, 6.45) is 1.76. The first-order valence-electron chi connectivity index (χ1n) is 14.7. The molecule has 5 nitrogen and oxygen atoms in total. The second kappa shape index (κ2) is 8.85. The van der Waals surface area contributed by atoms with Crippen molar-refractivity contribution in [2.24, 2.45) is 0 Å². The molecule has 5 aromatic carbocycles. The van der Waals surface area contributed by atoms with Gasteiger partial charge in [0.15, 0.2) is 0 Å². The molecule has 0 unspecified atom stereocenters. The number of pyridine rings is 1. The number of benzene rings is 5. The van der Waals surface area contributed by atoms with Crippen molar-refractivity contribution in [2.45, 2.75) is 12.5 Å². The molecule has 3 heterocycles. The molecule has 2 aromatic heterocycles. The number of rotatable bonds is 3. The van der Waals surface area contributed by atoms with Crippen LogP contribution < -0.4 is 4.90 Å². The summed E-state index contributed by atoms with van der Waals surface area (Å²) in [5.41, 5.74) is 7.73. The summed E-state index contributed by atoms with van der Waals surface area (Å²) in [4.78, 5) is 35.3. The first-order valence-corrected chi connectivity index (χ1v) is 14.7. The van der Waals surface area contributed by atoms with Crippen LogP contribution in [0.1, 0.15) is 43.1 Å². The number of aryl methyl sites for hydroxylation is 1. The monoisotopic (exact) mass is 567 g/mol. The molecule has 1 aliphatic carbocycles. The summed E-state index contributed by atoms with van der Waals surface area (Å²) in [6, 6.07) is 42.7. The van der Waals surface area contributed by atoms with Gasteiger partial charge >= 0.3 is 0 Å². The Morgan fingerprint density at radius 1 is 0.568 bits per heavy atom. The number of hydrogen-bond acceptors (Lipinski definition) is 3. The van der Waals surface area contributed by atoms with Crippen LogP contribution in [0.25, 0.3) is 32.9 Å². The van der Waals surface area contributed by atoms with E-state index in [1.54, 1.807) is 18.3 Å². The summed E-state index contributed by atoms with van der Waals surface area (Å²) in [6.45, 7) is 1.86. The SMILES string of the molecule is Cc1cnc(C2(n3c4ccccc4c4ccccc43)c3ccccc3-c3ccccc32)c2c1C(=O)N(c1ccccc1)C2=O. The van der Waals surface area contributed by atoms with Crippen LogP contribution in [0.3, 0.4) is 0 Å². The Balaban J connectivity index is 1.50. The molecule has 0 spiro atoms. The number of aromatic nitrogens is 2. The summed E-state index contributed by atoms with van der Waals surface area (Å²) in [5.74, 6) is -0.682. The highest BCUT2D eigenvalue weighted by Crippen LogP contribution is 2.56. The van der Waals surface area contributed by atoms with E-state index in [-0.39, 0.29) is 11.8 Å². The second-order valence-corrected chi connectivity index (χ2v) is 11.5. The minimum atomic E-state index is -1.05. The number of carbonyl (C=O) groups excluding carboxylic acids is 2. The van der Waals surface area contributed by atoms with Crippen molar-refractivity contribution in [1.29, 1.82) is 0 Å². The smallest absolute Gasteiger partial charge is 0.268 e. The van der Waals surface area contributed by atoms with E-state index in [1.807, 2.05) is 37.3 Å². The van der Waals surface area contributed by atoms with Gasteiger partial charge in [-0.15, -0.1) is 0 Å². The van der Waals surface area contributed by atoms with Gasteiger partial charge in [-0.3, -0.25) is 14.6 Å². The molecule has 208 valence electrons. The van der Waals surface area contributed by atoms with Crippen molar-refractivity contribution >= 4 is 39.3 Å². The normalized spacial score (nSPS) is 14.7. The van der Waals surface area contributed by atoms with Gasteiger partial charge in [-0.05, 0) is 59.0 Å². The molecular formula is C39H25N3O2. The van der Waals surface area contributed by atoms with Crippen LogP contribution in [0.5, 0.6) is 0 Å². The van der Waals surface area contributed by atoms with Crippen LogP contribution in [0.2, 0.25) is 0 Å². The Labute approximate surface area is 253 Å². The van der Waals surface area contributed by atoms with E-state index in [1.165, 1.54) is 4.90 Å².